The molecule has 7 nitrogen and oxygen atoms in total. The molecule has 1 fully saturated rings. The van der Waals surface area contributed by atoms with Crippen molar-refractivity contribution < 1.29 is 23.9 Å². The van der Waals surface area contributed by atoms with Crippen LogP contribution in [0.1, 0.15) is 45.2 Å². The van der Waals surface area contributed by atoms with Crippen molar-refractivity contribution in [2.75, 3.05) is 6.54 Å². The molecule has 0 radical (unpaired) electrons. The van der Waals surface area contributed by atoms with Gasteiger partial charge in [-0.3, -0.25) is 29.6 Å². The molecule has 0 saturated carbocycles. The number of rotatable bonds is 6. The summed E-state index contributed by atoms with van der Waals surface area (Å²) in [4.78, 5) is 49.5. The van der Waals surface area contributed by atoms with Crippen LogP contribution in [0.4, 0.5) is 0 Å². The molecule has 3 rings (SSSR count). The number of ketones is 1. The minimum Gasteiger partial charge on any atom is -0.454 e. The van der Waals surface area contributed by atoms with Gasteiger partial charge in [-0.1, -0.05) is 47.5 Å². The highest BCUT2D eigenvalue weighted by atomic mass is 16.5. The zero-order valence-electron chi connectivity index (χ0n) is 17.2. The quantitative estimate of drug-likeness (QED) is 0.586. The summed E-state index contributed by atoms with van der Waals surface area (Å²) in [7, 11) is 0. The maximum atomic E-state index is 12.5. The first-order valence-corrected chi connectivity index (χ1v) is 9.74. The smallest absolute Gasteiger partial charge is 0.312 e. The SMILES string of the molecule is Cc1ccc(C(=O)[C@H](C)OC(=O)[C@H]2CC(=O)N(NC(=O)c3cccc(C)c3)C2)cc1. The van der Waals surface area contributed by atoms with Crippen LogP contribution in [0.15, 0.2) is 48.5 Å². The van der Waals surface area contributed by atoms with Gasteiger partial charge >= 0.3 is 5.97 Å². The maximum absolute atomic E-state index is 12.5. The van der Waals surface area contributed by atoms with E-state index in [0.717, 1.165) is 16.1 Å². The van der Waals surface area contributed by atoms with E-state index in [0.29, 0.717) is 11.1 Å². The lowest BCUT2D eigenvalue weighted by atomic mass is 10.1. The Kier molecular flexibility index (Phi) is 6.30. The van der Waals surface area contributed by atoms with E-state index in [1.54, 1.807) is 30.3 Å². The summed E-state index contributed by atoms with van der Waals surface area (Å²) in [5, 5.41) is 1.13. The van der Waals surface area contributed by atoms with E-state index in [-0.39, 0.29) is 24.7 Å². The van der Waals surface area contributed by atoms with Gasteiger partial charge in [-0.25, -0.2) is 0 Å². The Morgan fingerprint density at radius 2 is 1.73 bits per heavy atom. The summed E-state index contributed by atoms with van der Waals surface area (Å²) < 4.78 is 5.30. The topological polar surface area (TPSA) is 92.8 Å². The highest BCUT2D eigenvalue weighted by molar-refractivity contribution is 6.00. The third-order valence-electron chi connectivity index (χ3n) is 4.97. The van der Waals surface area contributed by atoms with Crippen molar-refractivity contribution >= 4 is 23.6 Å². The largest absolute Gasteiger partial charge is 0.454 e. The van der Waals surface area contributed by atoms with Gasteiger partial charge in [-0.05, 0) is 32.9 Å². The second-order valence-corrected chi connectivity index (χ2v) is 7.53. The average Bonchev–Trinajstić information content (AvgIpc) is 3.08. The number of hydrogen-bond acceptors (Lipinski definition) is 5. The lowest BCUT2D eigenvalue weighted by Gasteiger charge is -2.18. The van der Waals surface area contributed by atoms with Gasteiger partial charge in [0.05, 0.1) is 12.5 Å². The molecule has 1 heterocycles. The fraction of sp³-hybridized carbons (Fsp3) is 0.304. The van der Waals surface area contributed by atoms with Crippen molar-refractivity contribution in [2.45, 2.75) is 33.3 Å². The van der Waals surface area contributed by atoms with Gasteiger partial charge in [0.25, 0.3) is 5.91 Å². The molecule has 0 aliphatic carbocycles. The second-order valence-electron chi connectivity index (χ2n) is 7.53. The van der Waals surface area contributed by atoms with Gasteiger partial charge < -0.3 is 4.74 Å². The van der Waals surface area contributed by atoms with Crippen LogP contribution >= 0.6 is 0 Å². The molecule has 7 heteroatoms. The fourth-order valence-corrected chi connectivity index (χ4v) is 3.22. The van der Waals surface area contributed by atoms with E-state index < -0.39 is 23.9 Å². The first kappa shape index (κ1) is 21.2. The summed E-state index contributed by atoms with van der Waals surface area (Å²) in [6, 6.07) is 14.0. The molecule has 1 saturated heterocycles. The van der Waals surface area contributed by atoms with Crippen LogP contribution in [0.3, 0.4) is 0 Å². The van der Waals surface area contributed by atoms with Crippen LogP contribution in [0.5, 0.6) is 0 Å². The van der Waals surface area contributed by atoms with Crippen molar-refractivity contribution in [1.29, 1.82) is 0 Å². The Bertz CT molecular complexity index is 983. The summed E-state index contributed by atoms with van der Waals surface area (Å²) >= 11 is 0. The third-order valence-corrected chi connectivity index (χ3v) is 4.97. The van der Waals surface area contributed by atoms with E-state index in [9.17, 15) is 19.2 Å². The van der Waals surface area contributed by atoms with Gasteiger partial charge in [-0.2, -0.15) is 0 Å². The summed E-state index contributed by atoms with van der Waals surface area (Å²) in [6.07, 6.45) is -1.05. The van der Waals surface area contributed by atoms with Crippen molar-refractivity contribution in [3.8, 4) is 0 Å². The molecular formula is C23H24N2O5. The van der Waals surface area contributed by atoms with E-state index in [1.165, 1.54) is 6.92 Å². The van der Waals surface area contributed by atoms with Gasteiger partial charge in [0.15, 0.2) is 6.10 Å². The molecule has 0 unspecified atom stereocenters. The van der Waals surface area contributed by atoms with Gasteiger partial charge in [-0.15, -0.1) is 0 Å². The average molecular weight is 408 g/mol. The standard InChI is InChI=1S/C23H24N2O5/c1-14-7-9-17(10-8-14)21(27)16(3)30-23(29)19-12-20(26)25(13-19)24-22(28)18-6-4-5-15(2)11-18/h4-11,16,19H,12-13H2,1-3H3,(H,24,28)/t16-,19-/m0/s1. The lowest BCUT2D eigenvalue weighted by Crippen LogP contribution is -2.43. The highest BCUT2D eigenvalue weighted by Gasteiger charge is 2.37. The third kappa shape index (κ3) is 4.92. The number of ether oxygens (including phenoxy) is 1. The molecule has 2 aromatic carbocycles. The van der Waals surface area contributed by atoms with Crippen molar-refractivity contribution in [1.82, 2.24) is 10.4 Å². The van der Waals surface area contributed by atoms with E-state index in [2.05, 4.69) is 5.43 Å². The van der Waals surface area contributed by atoms with Gasteiger partial charge in [0, 0.05) is 17.5 Å². The molecule has 0 aromatic heterocycles. The summed E-state index contributed by atoms with van der Waals surface area (Å²) in [5.41, 5.74) is 5.35. The van der Waals surface area contributed by atoms with Crippen molar-refractivity contribution in [2.24, 2.45) is 5.92 Å². The Labute approximate surface area is 175 Å². The predicted molar refractivity (Wildman–Crippen MR) is 110 cm³/mol. The van der Waals surface area contributed by atoms with Crippen LogP contribution in [0.2, 0.25) is 0 Å². The number of benzene rings is 2. The van der Waals surface area contributed by atoms with Crippen LogP contribution in [0.25, 0.3) is 0 Å². The summed E-state index contributed by atoms with van der Waals surface area (Å²) in [6.45, 7) is 5.29. The molecule has 30 heavy (non-hydrogen) atoms. The Morgan fingerprint density at radius 3 is 2.40 bits per heavy atom. The van der Waals surface area contributed by atoms with E-state index in [1.807, 2.05) is 32.0 Å². The predicted octanol–water partition coefficient (Wildman–Crippen LogP) is 2.61. The first-order valence-electron chi connectivity index (χ1n) is 9.74. The molecule has 156 valence electrons. The lowest BCUT2D eigenvalue weighted by molar-refractivity contribution is -0.151. The molecule has 1 aliphatic heterocycles. The van der Waals surface area contributed by atoms with Crippen LogP contribution in [-0.4, -0.2) is 41.2 Å². The normalized spacial score (nSPS) is 16.8. The molecule has 2 amide bonds. The van der Waals surface area contributed by atoms with Crippen LogP contribution < -0.4 is 5.43 Å². The number of esters is 1. The molecule has 1 N–H and O–H groups in total. The number of Topliss-reactive ketones (excluding diaryl/α,β-unsaturated/α-hetero) is 1. The number of hydrazine groups is 1. The number of hydrogen-bond donors (Lipinski definition) is 1. The van der Waals surface area contributed by atoms with Crippen molar-refractivity contribution in [3.63, 3.8) is 0 Å². The molecule has 1 aliphatic rings. The molecule has 2 atom stereocenters. The first-order chi connectivity index (χ1) is 14.2. The number of nitrogens with zero attached hydrogens (tertiary/aromatic N) is 1. The minimum atomic E-state index is -0.966. The van der Waals surface area contributed by atoms with Gasteiger partial charge in [0.2, 0.25) is 11.7 Å². The molecular weight excluding hydrogens is 384 g/mol. The zero-order chi connectivity index (χ0) is 21.8. The van der Waals surface area contributed by atoms with Crippen LogP contribution in [-0.2, 0) is 14.3 Å². The highest BCUT2D eigenvalue weighted by Crippen LogP contribution is 2.19. The Balaban J connectivity index is 1.57. The maximum Gasteiger partial charge on any atom is 0.312 e. The number of carbonyl (C=O) groups is 4. The summed E-state index contributed by atoms with van der Waals surface area (Å²) in [5.74, 6) is -2.50. The second kappa shape index (κ2) is 8.90. The van der Waals surface area contributed by atoms with E-state index >= 15 is 0 Å². The van der Waals surface area contributed by atoms with Gasteiger partial charge in [0.1, 0.15) is 0 Å². The van der Waals surface area contributed by atoms with Crippen LogP contribution in [0, 0.1) is 19.8 Å². The zero-order valence-corrected chi connectivity index (χ0v) is 17.2. The van der Waals surface area contributed by atoms with Crippen molar-refractivity contribution in [3.05, 3.63) is 70.8 Å². The molecule has 2 aromatic rings. The Morgan fingerprint density at radius 1 is 1.03 bits per heavy atom. The Hall–Kier alpha value is -3.48. The minimum absolute atomic E-state index is 0.000659. The number of carbonyl (C=O) groups excluding carboxylic acids is 4. The van der Waals surface area contributed by atoms with E-state index in [4.69, 9.17) is 4.74 Å². The number of amides is 2. The molecule has 0 spiro atoms. The number of nitrogens with one attached hydrogen (secondary N) is 1. The number of aryl methyl sites for hydroxylation is 2. The fourth-order valence-electron chi connectivity index (χ4n) is 3.22. The monoisotopic (exact) mass is 408 g/mol. The molecule has 0 bridgehead atoms.